The zero-order chi connectivity index (χ0) is 17.8. The summed E-state index contributed by atoms with van der Waals surface area (Å²) in [4.78, 5) is 27.9. The first-order valence-electron chi connectivity index (χ1n) is 9.39. The average molecular weight is 340 g/mol. The zero-order valence-electron chi connectivity index (χ0n) is 15.5. The number of piperidine rings is 1. The van der Waals surface area contributed by atoms with E-state index in [1.165, 1.54) is 0 Å². The molecule has 0 aromatic carbocycles. The lowest BCUT2D eigenvalue weighted by Crippen LogP contribution is -2.40. The molecule has 1 saturated heterocycles. The number of anilines is 1. The normalized spacial score (nSPS) is 22.1. The Morgan fingerprint density at radius 2 is 2.00 bits per heavy atom. The fourth-order valence-corrected chi connectivity index (χ4v) is 3.88. The highest BCUT2D eigenvalue weighted by Gasteiger charge is 2.28. The average Bonchev–Trinajstić information content (AvgIpc) is 2.60. The van der Waals surface area contributed by atoms with Crippen LogP contribution in [0, 0.1) is 17.8 Å². The van der Waals surface area contributed by atoms with E-state index in [0.29, 0.717) is 42.0 Å². The topological polar surface area (TPSA) is 59.0 Å². The molecule has 0 radical (unpaired) electrons. The molecule has 1 unspecified atom stereocenters. The van der Waals surface area contributed by atoms with E-state index in [4.69, 9.17) is 0 Å². The van der Waals surface area contributed by atoms with Crippen molar-refractivity contribution in [2.75, 3.05) is 18.0 Å². The lowest BCUT2D eigenvalue weighted by atomic mass is 9.85. The van der Waals surface area contributed by atoms with Crippen molar-refractivity contribution in [3.8, 4) is 0 Å². The molecule has 2 aromatic heterocycles. The largest absolute Gasteiger partial charge is 0.369 e. The molecule has 0 aliphatic carbocycles. The summed E-state index contributed by atoms with van der Waals surface area (Å²) in [5, 5.41) is 0. The summed E-state index contributed by atoms with van der Waals surface area (Å²) in [6.45, 7) is 8.48. The van der Waals surface area contributed by atoms with Gasteiger partial charge in [-0.3, -0.25) is 4.79 Å². The van der Waals surface area contributed by atoms with Gasteiger partial charge >= 0.3 is 0 Å². The minimum absolute atomic E-state index is 0.410. The number of pyridine rings is 1. The molecule has 0 spiro atoms. The van der Waals surface area contributed by atoms with E-state index in [1.54, 1.807) is 18.6 Å². The first-order valence-corrected chi connectivity index (χ1v) is 9.39. The molecule has 0 amide bonds. The number of hydrogen-bond acceptors (Lipinski definition) is 5. The van der Waals surface area contributed by atoms with Crippen LogP contribution < -0.4 is 4.90 Å². The van der Waals surface area contributed by atoms with E-state index < -0.39 is 0 Å². The predicted molar refractivity (Wildman–Crippen MR) is 101 cm³/mol. The van der Waals surface area contributed by atoms with E-state index in [1.807, 2.05) is 6.07 Å². The molecule has 0 bridgehead atoms. The third-order valence-electron chi connectivity index (χ3n) is 5.23. The first-order chi connectivity index (χ1) is 12.1. The Morgan fingerprint density at radius 3 is 2.80 bits per heavy atom. The van der Waals surface area contributed by atoms with E-state index in [2.05, 4.69) is 40.6 Å². The number of carbonyl (C=O) groups is 1. The minimum Gasteiger partial charge on any atom is -0.369 e. The van der Waals surface area contributed by atoms with Gasteiger partial charge in [0, 0.05) is 44.5 Å². The van der Waals surface area contributed by atoms with Crippen LogP contribution in [0.3, 0.4) is 0 Å². The Balaban J connectivity index is 1.75. The van der Waals surface area contributed by atoms with Crippen LogP contribution in [0.5, 0.6) is 0 Å². The van der Waals surface area contributed by atoms with Crippen molar-refractivity contribution in [3.63, 3.8) is 0 Å². The van der Waals surface area contributed by atoms with Crippen molar-refractivity contribution in [1.82, 2.24) is 15.0 Å². The van der Waals surface area contributed by atoms with Gasteiger partial charge in [-0.05, 0) is 30.2 Å². The van der Waals surface area contributed by atoms with Crippen LogP contribution >= 0.6 is 0 Å². The third kappa shape index (κ3) is 4.33. The van der Waals surface area contributed by atoms with Crippen molar-refractivity contribution in [1.29, 1.82) is 0 Å². The van der Waals surface area contributed by atoms with Crippen molar-refractivity contribution < 1.29 is 4.79 Å². The summed E-state index contributed by atoms with van der Waals surface area (Å²) in [6, 6.07) is 2.02. The van der Waals surface area contributed by atoms with E-state index >= 15 is 0 Å². The van der Waals surface area contributed by atoms with Crippen LogP contribution in [0.15, 0.2) is 24.7 Å². The van der Waals surface area contributed by atoms with Crippen LogP contribution in [0.2, 0.25) is 0 Å². The van der Waals surface area contributed by atoms with Gasteiger partial charge in [-0.1, -0.05) is 27.2 Å². The minimum atomic E-state index is 0.410. The smallest absolute Gasteiger partial charge is 0.180 e. The summed E-state index contributed by atoms with van der Waals surface area (Å²) in [6.07, 6.45) is 8.79. The molecular formula is C20H28N4O. The molecule has 3 heterocycles. The predicted octanol–water partition coefficient (Wildman–Crippen LogP) is 3.88. The molecule has 1 fully saturated rings. The molecule has 3 rings (SSSR count). The first kappa shape index (κ1) is 17.8. The number of aromatic nitrogens is 3. The number of fused-ring (bicyclic) bond motifs is 1. The van der Waals surface area contributed by atoms with Crippen LogP contribution in [0.1, 0.15) is 46.5 Å². The van der Waals surface area contributed by atoms with Gasteiger partial charge < -0.3 is 4.90 Å². The molecule has 1 aliphatic rings. The number of nitrogens with zero attached hydrogens (tertiary/aromatic N) is 4. The molecule has 0 N–H and O–H groups in total. The highest BCUT2D eigenvalue weighted by Crippen LogP contribution is 2.31. The van der Waals surface area contributed by atoms with Gasteiger partial charge in [0.2, 0.25) is 0 Å². The second-order valence-corrected chi connectivity index (χ2v) is 7.63. The monoisotopic (exact) mass is 340 g/mol. The standard InChI is InChI=1S/C20H28N4O/c1-4-14(2)10-17(25)11-16-9-15(3)12-24(13-16)18-5-6-22-20-19(18)21-7-8-23-20/h5-8,14-16H,4,9-13H2,1-3H3/t14?,15-,16-/m0/s1. The fraction of sp³-hybridized carbons (Fsp3) is 0.600. The van der Waals surface area contributed by atoms with E-state index in [-0.39, 0.29) is 0 Å². The second kappa shape index (κ2) is 7.89. The number of rotatable bonds is 6. The van der Waals surface area contributed by atoms with Gasteiger partial charge in [-0.15, -0.1) is 0 Å². The van der Waals surface area contributed by atoms with Crippen molar-refractivity contribution >= 4 is 22.6 Å². The number of Topliss-reactive ketones (excluding diaryl/α,β-unsaturated/α-hetero) is 1. The van der Waals surface area contributed by atoms with Gasteiger partial charge in [-0.25, -0.2) is 15.0 Å². The Morgan fingerprint density at radius 1 is 1.24 bits per heavy atom. The van der Waals surface area contributed by atoms with Gasteiger partial charge in [0.25, 0.3) is 0 Å². The SMILES string of the molecule is CCC(C)CC(=O)C[C@@H]1C[C@H](C)CN(c2ccnc3nccnc23)C1. The molecule has 25 heavy (non-hydrogen) atoms. The zero-order valence-corrected chi connectivity index (χ0v) is 15.5. The Bertz CT molecular complexity index is 727. The van der Waals surface area contributed by atoms with Crippen molar-refractivity contribution in [3.05, 3.63) is 24.7 Å². The summed E-state index contributed by atoms with van der Waals surface area (Å²) in [5.74, 6) is 1.88. The Hall–Kier alpha value is -2.04. The van der Waals surface area contributed by atoms with Crippen molar-refractivity contribution in [2.45, 2.75) is 46.5 Å². The number of carbonyl (C=O) groups excluding carboxylic acids is 1. The molecule has 5 heteroatoms. The van der Waals surface area contributed by atoms with Crippen LogP contribution in [0.4, 0.5) is 5.69 Å². The van der Waals surface area contributed by atoms with Crippen LogP contribution in [-0.2, 0) is 4.79 Å². The highest BCUT2D eigenvalue weighted by atomic mass is 16.1. The summed E-state index contributed by atoms with van der Waals surface area (Å²) in [5.41, 5.74) is 2.62. The maximum Gasteiger partial charge on any atom is 0.180 e. The molecule has 0 saturated carbocycles. The van der Waals surface area contributed by atoms with Crippen LogP contribution in [-0.4, -0.2) is 33.8 Å². The molecule has 2 aromatic rings. The molecular weight excluding hydrogens is 312 g/mol. The molecule has 5 nitrogen and oxygen atoms in total. The number of hydrogen-bond donors (Lipinski definition) is 0. The Labute approximate surface area is 149 Å². The Kier molecular flexibility index (Phi) is 5.61. The summed E-state index contributed by atoms with van der Waals surface area (Å²) >= 11 is 0. The maximum absolute atomic E-state index is 12.4. The lowest BCUT2D eigenvalue weighted by Gasteiger charge is -2.38. The maximum atomic E-state index is 12.4. The van der Waals surface area contributed by atoms with Gasteiger partial charge in [-0.2, -0.15) is 0 Å². The second-order valence-electron chi connectivity index (χ2n) is 7.63. The van der Waals surface area contributed by atoms with E-state index in [0.717, 1.165) is 37.1 Å². The van der Waals surface area contributed by atoms with Crippen LogP contribution in [0.25, 0.3) is 11.2 Å². The summed E-state index contributed by atoms with van der Waals surface area (Å²) < 4.78 is 0. The lowest BCUT2D eigenvalue weighted by molar-refractivity contribution is -0.120. The molecule has 3 atom stereocenters. The fourth-order valence-electron chi connectivity index (χ4n) is 3.88. The number of ketones is 1. The van der Waals surface area contributed by atoms with Gasteiger partial charge in [0.15, 0.2) is 5.65 Å². The van der Waals surface area contributed by atoms with Crippen molar-refractivity contribution in [2.24, 2.45) is 17.8 Å². The third-order valence-corrected chi connectivity index (χ3v) is 5.23. The van der Waals surface area contributed by atoms with Gasteiger partial charge in [0.05, 0.1) is 5.69 Å². The molecule has 1 aliphatic heterocycles. The highest BCUT2D eigenvalue weighted by molar-refractivity contribution is 5.85. The molecule has 134 valence electrons. The quantitative estimate of drug-likeness (QED) is 0.798. The van der Waals surface area contributed by atoms with Gasteiger partial charge in [0.1, 0.15) is 11.3 Å². The van der Waals surface area contributed by atoms with E-state index in [9.17, 15) is 4.79 Å². The summed E-state index contributed by atoms with van der Waals surface area (Å²) in [7, 11) is 0.